The maximum atomic E-state index is 6.08. The Kier molecular flexibility index (Phi) is 4.96. The van der Waals surface area contributed by atoms with E-state index in [1.165, 1.54) is 0 Å². The van der Waals surface area contributed by atoms with Gasteiger partial charge in [0.15, 0.2) is 5.82 Å². The summed E-state index contributed by atoms with van der Waals surface area (Å²) in [5, 5.41) is 0. The van der Waals surface area contributed by atoms with Crippen LogP contribution in [0.25, 0.3) is 6.08 Å². The molecule has 1 saturated heterocycles. The number of allylic oxidation sites excluding steroid dienone is 1. The van der Waals surface area contributed by atoms with Gasteiger partial charge in [0.2, 0.25) is 0 Å². The minimum Gasteiger partial charge on any atom is -0.374 e. The second kappa shape index (κ2) is 6.57. The molecule has 0 aliphatic carbocycles. The summed E-state index contributed by atoms with van der Waals surface area (Å²) < 4.78 is 7.48. The maximum Gasteiger partial charge on any atom is 0.151 e. The first-order valence-corrected chi connectivity index (χ1v) is 7.89. The molecule has 2 rings (SSSR count). The minimum atomic E-state index is -0.148. The van der Waals surface area contributed by atoms with Gasteiger partial charge in [0.1, 0.15) is 0 Å². The third kappa shape index (κ3) is 3.91. The van der Waals surface area contributed by atoms with Crippen LogP contribution < -0.4 is 5.84 Å². The summed E-state index contributed by atoms with van der Waals surface area (Å²) in [6.45, 7) is 15.2. The Balaban J connectivity index is 2.07. The third-order valence-electron chi connectivity index (χ3n) is 3.91. The molecule has 122 valence electrons. The summed E-state index contributed by atoms with van der Waals surface area (Å²) in [7, 11) is 0. The molecule has 1 aliphatic heterocycles. The largest absolute Gasteiger partial charge is 0.374 e. The van der Waals surface area contributed by atoms with E-state index in [-0.39, 0.29) is 5.60 Å². The fraction of sp³-hybridized carbons (Fsp3) is 0.588. The molecule has 0 saturated carbocycles. The fourth-order valence-electron chi connectivity index (χ4n) is 2.65. The quantitative estimate of drug-likeness (QED) is 0.686. The summed E-state index contributed by atoms with van der Waals surface area (Å²) in [5.74, 6) is 7.18. The van der Waals surface area contributed by atoms with Gasteiger partial charge in [-0.15, -0.1) is 0 Å². The van der Waals surface area contributed by atoms with Gasteiger partial charge >= 0.3 is 0 Å². The van der Waals surface area contributed by atoms with E-state index < -0.39 is 0 Å². The van der Waals surface area contributed by atoms with E-state index in [0.29, 0.717) is 5.92 Å². The maximum absolute atomic E-state index is 6.08. The highest BCUT2D eigenvalue weighted by molar-refractivity contribution is 5.46. The molecular weight excluding hydrogens is 276 g/mol. The van der Waals surface area contributed by atoms with Crippen LogP contribution in [0.1, 0.15) is 51.6 Å². The number of imidazole rings is 1. The van der Waals surface area contributed by atoms with Crippen LogP contribution in [0.2, 0.25) is 0 Å². The third-order valence-corrected chi connectivity index (χ3v) is 3.91. The number of aromatic nitrogens is 2. The summed E-state index contributed by atoms with van der Waals surface area (Å²) in [6, 6.07) is 0. The predicted octanol–water partition coefficient (Wildman–Crippen LogP) is 2.75. The zero-order chi connectivity index (χ0) is 16.3. The first-order valence-electron chi connectivity index (χ1n) is 7.89. The van der Waals surface area contributed by atoms with E-state index >= 15 is 0 Å². The first-order chi connectivity index (χ1) is 10.3. The Hall–Kier alpha value is -1.75. The lowest BCUT2D eigenvalue weighted by Crippen LogP contribution is -2.37. The molecule has 1 fully saturated rings. The fourth-order valence-corrected chi connectivity index (χ4v) is 2.65. The minimum absolute atomic E-state index is 0.148. The molecule has 22 heavy (non-hydrogen) atoms. The topological polar surface area (TPSA) is 56.3 Å². The van der Waals surface area contributed by atoms with E-state index in [4.69, 9.17) is 10.6 Å². The number of rotatable bonds is 4. The number of nitrogens with two attached hydrogens (primary N) is 1. The molecule has 1 aromatic rings. The van der Waals surface area contributed by atoms with Crippen molar-refractivity contribution < 1.29 is 4.74 Å². The van der Waals surface area contributed by atoms with Crippen LogP contribution in [0.5, 0.6) is 0 Å². The molecule has 0 radical (unpaired) electrons. The van der Waals surface area contributed by atoms with Crippen molar-refractivity contribution in [3.05, 3.63) is 36.1 Å². The van der Waals surface area contributed by atoms with E-state index in [1.807, 2.05) is 18.3 Å². The molecule has 0 amide bonds. The number of nitrogens with zero attached hydrogens (tertiary/aromatic N) is 3. The lowest BCUT2D eigenvalue weighted by molar-refractivity contribution is -0.0134. The van der Waals surface area contributed by atoms with Crippen molar-refractivity contribution in [2.24, 2.45) is 0 Å². The smallest absolute Gasteiger partial charge is 0.151 e. The van der Waals surface area contributed by atoms with Gasteiger partial charge in [0.25, 0.3) is 0 Å². The molecule has 0 unspecified atom stereocenters. The van der Waals surface area contributed by atoms with Crippen molar-refractivity contribution in [1.82, 2.24) is 14.6 Å². The van der Waals surface area contributed by atoms with Gasteiger partial charge in [-0.1, -0.05) is 20.4 Å². The number of nitrogen functional groups attached to an aromatic ring is 1. The normalized spacial score (nSPS) is 18.9. The standard InChI is InChI=1S/C17H28N4O/c1-13(2)15-11-19-16(21(15)18)8-7-14(3)20-9-6-10-22-17(4,5)12-20/h7-8,11,13H,3,6,9-10,12,18H2,1-2,4-5H3/b8-7-. The monoisotopic (exact) mass is 304 g/mol. The predicted molar refractivity (Wildman–Crippen MR) is 90.9 cm³/mol. The molecule has 5 nitrogen and oxygen atoms in total. The van der Waals surface area contributed by atoms with E-state index in [9.17, 15) is 0 Å². The van der Waals surface area contributed by atoms with Crippen molar-refractivity contribution in [3.63, 3.8) is 0 Å². The van der Waals surface area contributed by atoms with Crippen molar-refractivity contribution in [2.75, 3.05) is 25.5 Å². The van der Waals surface area contributed by atoms with Crippen LogP contribution in [0.3, 0.4) is 0 Å². The molecule has 1 aromatic heterocycles. The number of ether oxygens (including phenoxy) is 1. The van der Waals surface area contributed by atoms with E-state index in [1.54, 1.807) is 4.68 Å². The Labute approximate surface area is 133 Å². The van der Waals surface area contributed by atoms with Crippen molar-refractivity contribution in [3.8, 4) is 0 Å². The van der Waals surface area contributed by atoms with Gasteiger partial charge in [0, 0.05) is 25.4 Å². The van der Waals surface area contributed by atoms with Crippen molar-refractivity contribution >= 4 is 6.08 Å². The van der Waals surface area contributed by atoms with E-state index in [2.05, 4.69) is 44.2 Å². The second-order valence-electron chi connectivity index (χ2n) is 6.77. The SMILES string of the molecule is C=C(/C=C\c1ncc(C(C)C)n1N)N1CCCOC(C)(C)C1. The lowest BCUT2D eigenvalue weighted by atomic mass is 10.1. The average molecular weight is 304 g/mol. The van der Waals surface area contributed by atoms with E-state index in [0.717, 1.165) is 43.3 Å². The average Bonchev–Trinajstić information content (AvgIpc) is 2.70. The Bertz CT molecular complexity index is 557. The van der Waals surface area contributed by atoms with Gasteiger partial charge < -0.3 is 15.5 Å². The molecule has 5 heteroatoms. The zero-order valence-electron chi connectivity index (χ0n) is 14.2. The Morgan fingerprint density at radius 2 is 2.23 bits per heavy atom. The Morgan fingerprint density at radius 1 is 1.50 bits per heavy atom. The molecule has 0 atom stereocenters. The highest BCUT2D eigenvalue weighted by Crippen LogP contribution is 2.20. The molecular formula is C17H28N4O. The van der Waals surface area contributed by atoms with Gasteiger partial charge in [-0.2, -0.15) is 0 Å². The van der Waals surface area contributed by atoms with Gasteiger partial charge in [0.05, 0.1) is 17.5 Å². The molecule has 0 aromatic carbocycles. The summed E-state index contributed by atoms with van der Waals surface area (Å²) in [5.41, 5.74) is 1.84. The van der Waals surface area contributed by atoms with Gasteiger partial charge in [-0.3, -0.25) is 0 Å². The van der Waals surface area contributed by atoms with Crippen molar-refractivity contribution in [2.45, 2.75) is 45.6 Å². The van der Waals surface area contributed by atoms with Gasteiger partial charge in [-0.05, 0) is 38.3 Å². The Morgan fingerprint density at radius 3 is 2.86 bits per heavy atom. The van der Waals surface area contributed by atoms with Crippen LogP contribution in [0.4, 0.5) is 0 Å². The second-order valence-corrected chi connectivity index (χ2v) is 6.77. The van der Waals surface area contributed by atoms with Crippen molar-refractivity contribution in [1.29, 1.82) is 0 Å². The van der Waals surface area contributed by atoms with Crippen LogP contribution in [0.15, 0.2) is 24.5 Å². The molecule has 2 N–H and O–H groups in total. The molecule has 1 aliphatic rings. The van der Waals surface area contributed by atoms with Gasteiger partial charge in [-0.25, -0.2) is 9.66 Å². The number of hydrogen-bond acceptors (Lipinski definition) is 4. The van der Waals surface area contributed by atoms with Crippen LogP contribution in [-0.4, -0.2) is 39.9 Å². The summed E-state index contributed by atoms with van der Waals surface area (Å²) >= 11 is 0. The summed E-state index contributed by atoms with van der Waals surface area (Å²) in [4.78, 5) is 6.63. The highest BCUT2D eigenvalue weighted by atomic mass is 16.5. The van der Waals surface area contributed by atoms with Crippen LogP contribution in [0, 0.1) is 0 Å². The molecule has 2 heterocycles. The lowest BCUT2D eigenvalue weighted by Gasteiger charge is -2.30. The summed E-state index contributed by atoms with van der Waals surface area (Å²) in [6.07, 6.45) is 6.75. The highest BCUT2D eigenvalue weighted by Gasteiger charge is 2.25. The molecule has 0 spiro atoms. The molecule has 0 bridgehead atoms. The van der Waals surface area contributed by atoms with Crippen LogP contribution in [-0.2, 0) is 4.74 Å². The van der Waals surface area contributed by atoms with Crippen LogP contribution >= 0.6 is 0 Å². The zero-order valence-corrected chi connectivity index (χ0v) is 14.2. The first kappa shape index (κ1) is 16.6. The number of hydrogen-bond donors (Lipinski definition) is 1.